The number of aromatic nitrogens is 4. The average Bonchev–Trinajstić information content (AvgIpc) is 3.38. The van der Waals surface area contributed by atoms with Gasteiger partial charge in [0.05, 0.1) is 10.7 Å². The Morgan fingerprint density at radius 1 is 1.23 bits per heavy atom. The Morgan fingerprint density at radius 2 is 2.00 bits per heavy atom. The first-order valence-electron chi connectivity index (χ1n) is 8.23. The normalized spacial score (nSPS) is 13.6. The van der Waals surface area contributed by atoms with Gasteiger partial charge in [-0.2, -0.15) is 0 Å². The molecule has 0 aliphatic heterocycles. The first-order chi connectivity index (χ1) is 12.5. The van der Waals surface area contributed by atoms with E-state index in [2.05, 4.69) is 15.4 Å². The number of rotatable bonds is 4. The lowest BCUT2D eigenvalue weighted by Crippen LogP contribution is -2.24. The molecule has 0 spiro atoms. The third-order valence-corrected chi connectivity index (χ3v) is 4.55. The summed E-state index contributed by atoms with van der Waals surface area (Å²) in [5.74, 6) is 0.466. The highest BCUT2D eigenvalue weighted by Gasteiger charge is 2.32. The fraction of sp³-hybridized carbons (Fsp3) is 0.222. The summed E-state index contributed by atoms with van der Waals surface area (Å²) in [6.07, 6.45) is 3.63. The molecule has 0 bridgehead atoms. The molecule has 7 nitrogen and oxygen atoms in total. The monoisotopic (exact) mass is 369 g/mol. The number of nitrogens with zero attached hydrogens (tertiary/aromatic N) is 4. The van der Waals surface area contributed by atoms with Crippen molar-refractivity contribution in [1.82, 2.24) is 19.3 Å². The van der Waals surface area contributed by atoms with E-state index in [-0.39, 0.29) is 23.0 Å². The number of halogens is 1. The number of para-hydroxylation sites is 1. The van der Waals surface area contributed by atoms with Crippen LogP contribution in [0.5, 0.6) is 0 Å². The maximum atomic E-state index is 12.6. The molecule has 1 N–H and O–H groups in total. The molecule has 0 radical (unpaired) electrons. The third kappa shape index (κ3) is 3.01. The molecule has 1 fully saturated rings. The number of nitrogens with one attached hydrogen (secondary N) is 1. The first kappa shape index (κ1) is 16.5. The molecule has 1 aromatic carbocycles. The number of hydrogen-bond acceptors (Lipinski definition) is 4. The zero-order chi connectivity index (χ0) is 18.3. The fourth-order valence-electron chi connectivity index (χ4n) is 2.70. The van der Waals surface area contributed by atoms with E-state index >= 15 is 0 Å². The lowest BCUT2D eigenvalue weighted by atomic mass is 10.3. The van der Waals surface area contributed by atoms with Crippen LogP contribution in [0.2, 0.25) is 5.02 Å². The van der Waals surface area contributed by atoms with Crippen LogP contribution in [-0.4, -0.2) is 25.2 Å². The average molecular weight is 370 g/mol. The quantitative estimate of drug-likeness (QED) is 0.766. The van der Waals surface area contributed by atoms with Crippen molar-refractivity contribution in [2.24, 2.45) is 7.05 Å². The lowest BCUT2D eigenvalue weighted by Gasteiger charge is -2.06. The molecule has 26 heavy (non-hydrogen) atoms. The summed E-state index contributed by atoms with van der Waals surface area (Å²) in [7, 11) is 1.62. The van der Waals surface area contributed by atoms with Crippen LogP contribution in [0.25, 0.3) is 5.69 Å². The highest BCUT2D eigenvalue weighted by Crippen LogP contribution is 2.40. The minimum atomic E-state index is -0.527. The van der Waals surface area contributed by atoms with Gasteiger partial charge in [0, 0.05) is 19.2 Å². The highest BCUT2D eigenvalue weighted by molar-refractivity contribution is 6.32. The van der Waals surface area contributed by atoms with Gasteiger partial charge < -0.3 is 9.88 Å². The Morgan fingerprint density at radius 3 is 2.73 bits per heavy atom. The Kier molecular flexibility index (Phi) is 4.08. The Bertz CT molecular complexity index is 1050. The van der Waals surface area contributed by atoms with Crippen LogP contribution < -0.4 is 10.9 Å². The van der Waals surface area contributed by atoms with Gasteiger partial charge in [-0.05, 0) is 37.1 Å². The van der Waals surface area contributed by atoms with Crippen LogP contribution in [0.1, 0.15) is 35.2 Å². The number of aryl methyl sites for hydroxylation is 1. The number of amides is 1. The molecule has 0 unspecified atom stereocenters. The summed E-state index contributed by atoms with van der Waals surface area (Å²) in [5.41, 5.74) is 0.564. The van der Waals surface area contributed by atoms with E-state index in [0.29, 0.717) is 16.5 Å². The van der Waals surface area contributed by atoms with E-state index in [9.17, 15) is 9.59 Å². The van der Waals surface area contributed by atoms with Gasteiger partial charge in [0.2, 0.25) is 5.82 Å². The van der Waals surface area contributed by atoms with Crippen molar-refractivity contribution in [2.75, 3.05) is 5.32 Å². The van der Waals surface area contributed by atoms with Crippen molar-refractivity contribution in [2.45, 2.75) is 18.8 Å². The van der Waals surface area contributed by atoms with Crippen molar-refractivity contribution in [1.29, 1.82) is 0 Å². The Balaban J connectivity index is 1.70. The summed E-state index contributed by atoms with van der Waals surface area (Å²) in [6, 6.07) is 10.5. The zero-order valence-electron chi connectivity index (χ0n) is 14.0. The number of benzene rings is 1. The smallest absolute Gasteiger partial charge is 0.295 e. The molecule has 4 rings (SSSR count). The molecule has 3 aromatic rings. The minimum Gasteiger partial charge on any atom is -0.317 e. The van der Waals surface area contributed by atoms with Crippen molar-refractivity contribution >= 4 is 23.2 Å². The Hall–Kier alpha value is -2.93. The summed E-state index contributed by atoms with van der Waals surface area (Å²) in [5, 5.41) is 7.47. The molecule has 0 atom stereocenters. The second-order valence-corrected chi connectivity index (χ2v) is 6.63. The van der Waals surface area contributed by atoms with Gasteiger partial charge in [-0.3, -0.25) is 9.59 Å². The van der Waals surface area contributed by atoms with Gasteiger partial charge in [-0.15, -0.1) is 5.10 Å². The highest BCUT2D eigenvalue weighted by atomic mass is 35.5. The van der Waals surface area contributed by atoms with Crippen molar-refractivity contribution in [3.63, 3.8) is 0 Å². The van der Waals surface area contributed by atoms with Gasteiger partial charge in [-0.25, -0.2) is 9.67 Å². The van der Waals surface area contributed by atoms with E-state index < -0.39 is 5.91 Å². The third-order valence-electron chi connectivity index (χ3n) is 4.23. The zero-order valence-corrected chi connectivity index (χ0v) is 14.8. The number of carbonyl (C=O) groups is 1. The van der Waals surface area contributed by atoms with E-state index in [4.69, 9.17) is 11.6 Å². The van der Waals surface area contributed by atoms with Crippen LogP contribution in [0.4, 0.5) is 5.69 Å². The molecule has 1 amide bonds. The predicted molar refractivity (Wildman–Crippen MR) is 98.0 cm³/mol. The van der Waals surface area contributed by atoms with Crippen LogP contribution in [0, 0.1) is 0 Å². The SMILES string of the molecule is Cn1cccc(NC(=O)c2nc(C3CC3)n(-c3ccccc3Cl)n2)c1=O. The van der Waals surface area contributed by atoms with Crippen LogP contribution in [0.3, 0.4) is 0 Å². The van der Waals surface area contributed by atoms with E-state index in [0.717, 1.165) is 12.8 Å². The Labute approximate surface area is 154 Å². The van der Waals surface area contributed by atoms with Gasteiger partial charge in [0.1, 0.15) is 11.5 Å². The summed E-state index contributed by atoms with van der Waals surface area (Å²) < 4.78 is 3.01. The topological polar surface area (TPSA) is 81.8 Å². The van der Waals surface area contributed by atoms with E-state index in [1.165, 1.54) is 4.57 Å². The molecular weight excluding hydrogens is 354 g/mol. The molecule has 0 saturated heterocycles. The van der Waals surface area contributed by atoms with Crippen LogP contribution >= 0.6 is 11.6 Å². The van der Waals surface area contributed by atoms with Gasteiger partial charge in [0.25, 0.3) is 11.5 Å². The number of pyridine rings is 1. The second kappa shape index (κ2) is 6.42. The van der Waals surface area contributed by atoms with Gasteiger partial charge in [-0.1, -0.05) is 23.7 Å². The summed E-state index contributed by atoms with van der Waals surface area (Å²) in [6.45, 7) is 0. The van der Waals surface area contributed by atoms with Crippen LogP contribution in [0.15, 0.2) is 47.4 Å². The van der Waals surface area contributed by atoms with Crippen molar-refractivity contribution < 1.29 is 4.79 Å². The van der Waals surface area contributed by atoms with E-state index in [1.54, 1.807) is 36.1 Å². The first-order valence-corrected chi connectivity index (χ1v) is 8.61. The predicted octanol–water partition coefficient (Wildman–Crippen LogP) is 2.75. The molecule has 132 valence electrons. The molecule has 1 aliphatic carbocycles. The molecule has 2 aromatic heterocycles. The van der Waals surface area contributed by atoms with Crippen molar-refractivity contribution in [3.8, 4) is 5.69 Å². The van der Waals surface area contributed by atoms with E-state index in [1.807, 2.05) is 18.2 Å². The van der Waals surface area contributed by atoms with Crippen molar-refractivity contribution in [3.05, 3.63) is 69.6 Å². The number of anilines is 1. The van der Waals surface area contributed by atoms with Gasteiger partial charge >= 0.3 is 0 Å². The second-order valence-electron chi connectivity index (χ2n) is 6.22. The summed E-state index contributed by atoms with van der Waals surface area (Å²) >= 11 is 6.28. The maximum Gasteiger partial charge on any atom is 0.295 e. The molecule has 8 heteroatoms. The van der Waals surface area contributed by atoms with Crippen LogP contribution in [-0.2, 0) is 7.05 Å². The summed E-state index contributed by atoms with van der Waals surface area (Å²) in [4.78, 5) is 29.1. The number of carbonyl (C=O) groups excluding carboxylic acids is 1. The fourth-order valence-corrected chi connectivity index (χ4v) is 2.91. The minimum absolute atomic E-state index is 0.0118. The maximum absolute atomic E-state index is 12.6. The molecule has 1 saturated carbocycles. The molecular formula is C18H16ClN5O2. The largest absolute Gasteiger partial charge is 0.317 e. The molecule has 1 aliphatic rings. The van der Waals surface area contributed by atoms with Gasteiger partial charge in [0.15, 0.2) is 0 Å². The standard InChI is InChI=1S/C18H16ClN5O2/c1-23-10-4-6-13(18(23)26)20-17(25)15-21-16(11-8-9-11)24(22-15)14-7-3-2-5-12(14)19/h2-7,10-11H,8-9H2,1H3,(H,20,25). The lowest BCUT2D eigenvalue weighted by molar-refractivity contribution is 0.101. The number of hydrogen-bond donors (Lipinski definition) is 1. The molecule has 2 heterocycles.